The van der Waals surface area contributed by atoms with Crippen LogP contribution in [0.2, 0.25) is 0 Å². The van der Waals surface area contributed by atoms with Crippen molar-refractivity contribution in [3.8, 4) is 0 Å². The third-order valence-electron chi connectivity index (χ3n) is 7.36. The number of piperidine rings is 1. The highest BCUT2D eigenvalue weighted by Gasteiger charge is 2.60. The molecule has 1 aliphatic heterocycles. The Morgan fingerprint density at radius 2 is 1.81 bits per heavy atom. The van der Waals surface area contributed by atoms with Crippen molar-refractivity contribution in [2.45, 2.75) is 54.4 Å². The lowest BCUT2D eigenvalue weighted by Crippen LogP contribution is -2.51. The van der Waals surface area contributed by atoms with Gasteiger partial charge in [-0.05, 0) is 42.7 Å². The van der Waals surface area contributed by atoms with E-state index in [9.17, 15) is 31.1 Å². The summed E-state index contributed by atoms with van der Waals surface area (Å²) < 4.78 is 81.8. The zero-order valence-electron chi connectivity index (χ0n) is 19.5. The lowest BCUT2D eigenvalue weighted by molar-refractivity contribution is -0.187. The largest absolute Gasteiger partial charge is 0.434 e. The number of nitrogen functional groups attached to an aromatic ring is 1. The molecule has 0 aromatic carbocycles. The van der Waals surface area contributed by atoms with Crippen LogP contribution < -0.4 is 21.9 Å². The van der Waals surface area contributed by atoms with E-state index in [1.165, 1.54) is 23.7 Å². The molecule has 0 radical (unpaired) electrons. The van der Waals surface area contributed by atoms with Gasteiger partial charge in [-0.2, -0.15) is 31.3 Å². The van der Waals surface area contributed by atoms with Gasteiger partial charge in [0, 0.05) is 37.3 Å². The first-order valence-corrected chi connectivity index (χ1v) is 12.1. The zero-order chi connectivity index (χ0) is 26.6. The van der Waals surface area contributed by atoms with E-state index in [1.807, 2.05) is 0 Å². The Kier molecular flexibility index (Phi) is 6.73. The van der Waals surface area contributed by atoms with Crippen LogP contribution >= 0.6 is 11.8 Å². The van der Waals surface area contributed by atoms with E-state index in [-0.39, 0.29) is 21.6 Å². The number of halogens is 6. The Morgan fingerprint density at radius 1 is 1.17 bits per heavy atom. The number of aromatic nitrogens is 3. The minimum absolute atomic E-state index is 0.173. The average molecular weight is 537 g/mol. The number of hydrogen-bond acceptors (Lipinski definition) is 7. The summed E-state index contributed by atoms with van der Waals surface area (Å²) >= 11 is 0.537. The van der Waals surface area contributed by atoms with Gasteiger partial charge in [-0.25, -0.2) is 0 Å². The van der Waals surface area contributed by atoms with Crippen LogP contribution in [0.15, 0.2) is 32.9 Å². The first kappa shape index (κ1) is 26.6. The first-order chi connectivity index (χ1) is 16.7. The van der Waals surface area contributed by atoms with Crippen LogP contribution in [0.4, 0.5) is 38.1 Å². The Balaban J connectivity index is 1.57. The van der Waals surface area contributed by atoms with Crippen molar-refractivity contribution in [3.63, 3.8) is 0 Å². The van der Waals surface area contributed by atoms with E-state index in [2.05, 4.69) is 9.97 Å². The van der Waals surface area contributed by atoms with Gasteiger partial charge in [-0.3, -0.25) is 14.3 Å². The van der Waals surface area contributed by atoms with E-state index in [1.54, 1.807) is 11.8 Å². The summed E-state index contributed by atoms with van der Waals surface area (Å²) in [5.41, 5.74) is 9.72. The van der Waals surface area contributed by atoms with Crippen LogP contribution in [-0.4, -0.2) is 39.8 Å². The van der Waals surface area contributed by atoms with Gasteiger partial charge in [0.05, 0.1) is 5.92 Å². The van der Waals surface area contributed by atoms with Crippen LogP contribution in [-0.2, 0) is 13.2 Å². The number of rotatable bonds is 3. The lowest BCUT2D eigenvalue weighted by Gasteiger charge is -2.43. The summed E-state index contributed by atoms with van der Waals surface area (Å²) in [6.45, 7) is 2.21. The molecule has 2 aromatic heterocycles. The molecule has 0 unspecified atom stereocenters. The summed E-state index contributed by atoms with van der Waals surface area (Å²) in [7, 11) is 1.43. The molecule has 2 fully saturated rings. The quantitative estimate of drug-likeness (QED) is 0.571. The average Bonchev–Trinajstić information content (AvgIpc) is 3.03. The van der Waals surface area contributed by atoms with Gasteiger partial charge in [-0.1, -0.05) is 18.7 Å². The third-order valence-corrected chi connectivity index (χ3v) is 8.50. The monoisotopic (exact) mass is 536 g/mol. The van der Waals surface area contributed by atoms with Gasteiger partial charge in [0.2, 0.25) is 5.95 Å². The summed E-state index contributed by atoms with van der Waals surface area (Å²) in [6.07, 6.45) is -6.93. The van der Waals surface area contributed by atoms with E-state index >= 15 is 0 Å². The van der Waals surface area contributed by atoms with Crippen LogP contribution in [0.5, 0.6) is 0 Å². The molecule has 3 heterocycles. The molecule has 1 spiro atoms. The molecule has 2 aliphatic rings. The van der Waals surface area contributed by atoms with Crippen LogP contribution in [0.3, 0.4) is 0 Å². The van der Waals surface area contributed by atoms with E-state index < -0.39 is 46.9 Å². The SMILES string of the molecule is C[C@H]1CC2(CCN(c3nc(N)c(Sc4cccnc4C(F)(F)F)c(=O)n3C)CC2)[C@H](N)[C@@H]1C(F)(F)F. The van der Waals surface area contributed by atoms with Crippen molar-refractivity contribution in [2.75, 3.05) is 23.7 Å². The van der Waals surface area contributed by atoms with Gasteiger partial charge < -0.3 is 16.4 Å². The molecule has 198 valence electrons. The number of nitrogens with two attached hydrogens (primary N) is 2. The minimum atomic E-state index is -4.72. The highest BCUT2D eigenvalue weighted by atomic mass is 32.2. The van der Waals surface area contributed by atoms with E-state index in [0.29, 0.717) is 44.1 Å². The molecule has 36 heavy (non-hydrogen) atoms. The Hall–Kier alpha value is -2.48. The second-order valence-electron chi connectivity index (χ2n) is 9.56. The second-order valence-corrected chi connectivity index (χ2v) is 10.6. The first-order valence-electron chi connectivity index (χ1n) is 11.3. The summed E-state index contributed by atoms with van der Waals surface area (Å²) in [4.78, 5) is 22.0. The molecule has 7 nitrogen and oxygen atoms in total. The van der Waals surface area contributed by atoms with Gasteiger partial charge in [0.15, 0.2) is 5.69 Å². The van der Waals surface area contributed by atoms with Crippen molar-refractivity contribution in [1.29, 1.82) is 0 Å². The summed E-state index contributed by atoms with van der Waals surface area (Å²) in [6, 6.07) is 1.50. The molecule has 4 N–H and O–H groups in total. The second kappa shape index (κ2) is 9.12. The highest BCUT2D eigenvalue weighted by molar-refractivity contribution is 7.99. The fraction of sp³-hybridized carbons (Fsp3) is 0.591. The molecule has 3 atom stereocenters. The van der Waals surface area contributed by atoms with E-state index in [0.717, 1.165) is 6.20 Å². The minimum Gasteiger partial charge on any atom is -0.382 e. The number of anilines is 2. The zero-order valence-corrected chi connectivity index (χ0v) is 20.3. The normalized spacial score (nSPS) is 24.5. The molecule has 1 aliphatic carbocycles. The Labute approximate surface area is 207 Å². The number of hydrogen-bond donors (Lipinski definition) is 2. The van der Waals surface area contributed by atoms with Gasteiger partial charge >= 0.3 is 12.4 Å². The lowest BCUT2D eigenvalue weighted by atomic mass is 9.73. The maximum atomic E-state index is 13.5. The predicted octanol–water partition coefficient (Wildman–Crippen LogP) is 4.06. The maximum absolute atomic E-state index is 13.5. The summed E-state index contributed by atoms with van der Waals surface area (Å²) in [5, 5.41) is 0. The van der Waals surface area contributed by atoms with Crippen molar-refractivity contribution in [1.82, 2.24) is 14.5 Å². The fourth-order valence-electron chi connectivity index (χ4n) is 5.62. The Morgan fingerprint density at radius 3 is 2.36 bits per heavy atom. The van der Waals surface area contributed by atoms with Crippen molar-refractivity contribution >= 4 is 23.5 Å². The fourth-order valence-corrected chi connectivity index (χ4v) is 6.62. The van der Waals surface area contributed by atoms with Crippen LogP contribution in [0.1, 0.15) is 31.9 Å². The van der Waals surface area contributed by atoms with Crippen LogP contribution in [0, 0.1) is 17.3 Å². The van der Waals surface area contributed by atoms with Crippen LogP contribution in [0.25, 0.3) is 0 Å². The molecule has 0 bridgehead atoms. The number of pyridine rings is 1. The maximum Gasteiger partial charge on any atom is 0.434 e. The molecule has 0 amide bonds. The standard InChI is InChI=1S/C22H26F6N6OS/c1-11-10-20(15(29)13(11)21(23,24)25)5-8-34(9-6-20)19-32-17(30)14(18(35)33(19)2)36-12-4-3-7-31-16(12)22(26,27)28/h3-4,7,11,13,15H,5-6,8-10,29-30H2,1-2H3/t11-,13+,15+/m0/s1. The number of alkyl halides is 6. The molecular weight excluding hydrogens is 510 g/mol. The molecule has 2 aromatic rings. The molecular formula is C22H26F6N6OS. The Bertz CT molecular complexity index is 1190. The molecule has 4 rings (SSSR count). The highest BCUT2D eigenvalue weighted by Crippen LogP contribution is 2.55. The number of nitrogens with zero attached hydrogens (tertiary/aromatic N) is 4. The van der Waals surface area contributed by atoms with Crippen molar-refractivity contribution in [2.24, 2.45) is 30.0 Å². The van der Waals surface area contributed by atoms with Crippen molar-refractivity contribution in [3.05, 3.63) is 34.4 Å². The molecule has 14 heteroatoms. The van der Waals surface area contributed by atoms with Gasteiger partial charge in [0.1, 0.15) is 10.7 Å². The smallest absolute Gasteiger partial charge is 0.382 e. The predicted molar refractivity (Wildman–Crippen MR) is 122 cm³/mol. The van der Waals surface area contributed by atoms with Gasteiger partial charge in [0.25, 0.3) is 5.56 Å². The third kappa shape index (κ3) is 4.64. The van der Waals surface area contributed by atoms with Crippen molar-refractivity contribution < 1.29 is 26.3 Å². The van der Waals surface area contributed by atoms with E-state index in [4.69, 9.17) is 11.5 Å². The van der Waals surface area contributed by atoms with Gasteiger partial charge in [-0.15, -0.1) is 0 Å². The molecule has 1 saturated carbocycles. The summed E-state index contributed by atoms with van der Waals surface area (Å²) in [5.74, 6) is -2.19. The topological polar surface area (TPSA) is 103 Å². The molecule has 1 saturated heterocycles.